The summed E-state index contributed by atoms with van der Waals surface area (Å²) in [5.74, 6) is -0.118. The minimum atomic E-state index is -1.11. The van der Waals surface area contributed by atoms with E-state index in [1.54, 1.807) is 0 Å². The number of hydrogen-bond acceptors (Lipinski definition) is 10. The molecule has 0 aromatic rings. The van der Waals surface area contributed by atoms with Gasteiger partial charge in [0.15, 0.2) is 18.9 Å². The molecule has 3 saturated heterocycles. The average molecular weight is 485 g/mol. The molecule has 2 saturated carbocycles. The molecule has 34 heavy (non-hydrogen) atoms. The number of aliphatic hydroxyl groups is 1. The van der Waals surface area contributed by atoms with E-state index in [4.69, 9.17) is 33.2 Å². The first kappa shape index (κ1) is 24.4. The number of rotatable bonds is 4. The number of carbonyl (C=O) groups excluding carboxylic acids is 2. The lowest BCUT2D eigenvalue weighted by Gasteiger charge is -2.46. The van der Waals surface area contributed by atoms with Crippen molar-refractivity contribution in [1.29, 1.82) is 0 Å². The lowest BCUT2D eigenvalue weighted by molar-refractivity contribution is -0.346. The molecule has 7 atom stereocenters. The molecule has 0 aromatic heterocycles. The summed E-state index contributed by atoms with van der Waals surface area (Å²) in [7, 11) is 2.85. The molecule has 0 radical (unpaired) electrons. The fraction of sp³-hybridized carbons (Fsp3) is 0.917. The zero-order valence-electron chi connectivity index (χ0n) is 19.8. The van der Waals surface area contributed by atoms with E-state index in [9.17, 15) is 14.7 Å². The summed E-state index contributed by atoms with van der Waals surface area (Å²) in [4.78, 5) is 23.7. The number of carbonyl (C=O) groups is 2. The largest absolute Gasteiger partial charge is 0.469 e. The summed E-state index contributed by atoms with van der Waals surface area (Å²) < 4.78 is 40.4. The van der Waals surface area contributed by atoms with Crippen LogP contribution in [0.5, 0.6) is 0 Å². The first-order chi connectivity index (χ1) is 16.5. The zero-order valence-corrected chi connectivity index (χ0v) is 19.8. The Bertz CT molecular complexity index is 729. The lowest BCUT2D eigenvalue weighted by atomic mass is 9.81. The number of ether oxygens (including phenoxy) is 7. The molecule has 5 fully saturated rings. The van der Waals surface area contributed by atoms with Gasteiger partial charge in [0, 0.05) is 11.8 Å². The smallest absolute Gasteiger partial charge is 0.308 e. The summed E-state index contributed by atoms with van der Waals surface area (Å²) in [5, 5.41) is 10.6. The van der Waals surface area contributed by atoms with Gasteiger partial charge in [-0.3, -0.25) is 9.59 Å². The van der Waals surface area contributed by atoms with Gasteiger partial charge in [0.05, 0.1) is 32.7 Å². The molecule has 192 valence electrons. The Balaban J connectivity index is 1.19. The quantitative estimate of drug-likeness (QED) is 0.588. The topological polar surface area (TPSA) is 119 Å². The normalized spacial score (nSPS) is 46.7. The van der Waals surface area contributed by atoms with Gasteiger partial charge < -0.3 is 38.3 Å². The summed E-state index contributed by atoms with van der Waals surface area (Å²) in [6.45, 7) is 0.310. The predicted molar refractivity (Wildman–Crippen MR) is 114 cm³/mol. The van der Waals surface area contributed by atoms with Crippen LogP contribution in [0.1, 0.15) is 51.4 Å². The summed E-state index contributed by atoms with van der Waals surface area (Å²) in [5.41, 5.74) is 0. The Kier molecular flexibility index (Phi) is 7.43. The molecular formula is C24H36O10. The molecule has 7 unspecified atom stereocenters. The second-order valence-corrected chi connectivity index (χ2v) is 10.2. The monoisotopic (exact) mass is 484 g/mol. The minimum absolute atomic E-state index is 0.0586. The molecule has 0 amide bonds. The van der Waals surface area contributed by atoms with Crippen molar-refractivity contribution in [3.63, 3.8) is 0 Å². The number of methoxy groups -OCH3 is 2. The Morgan fingerprint density at radius 3 is 1.74 bits per heavy atom. The third-order valence-electron chi connectivity index (χ3n) is 8.29. The van der Waals surface area contributed by atoms with Crippen LogP contribution in [-0.4, -0.2) is 81.2 Å². The fourth-order valence-corrected chi connectivity index (χ4v) is 6.28. The number of esters is 2. The first-order valence-electron chi connectivity index (χ1n) is 12.6. The van der Waals surface area contributed by atoms with E-state index in [0.29, 0.717) is 6.61 Å². The van der Waals surface area contributed by atoms with Crippen molar-refractivity contribution in [2.24, 2.45) is 23.7 Å². The van der Waals surface area contributed by atoms with Crippen LogP contribution in [-0.2, 0) is 42.7 Å². The third kappa shape index (κ3) is 4.73. The zero-order chi connectivity index (χ0) is 23.8. The number of fused-ring (bicyclic) bond motifs is 3. The van der Waals surface area contributed by atoms with Crippen molar-refractivity contribution in [2.75, 3.05) is 20.8 Å². The van der Waals surface area contributed by atoms with E-state index in [1.165, 1.54) is 14.2 Å². The van der Waals surface area contributed by atoms with Crippen molar-refractivity contribution >= 4 is 11.9 Å². The Labute approximate surface area is 199 Å². The van der Waals surface area contributed by atoms with Crippen molar-refractivity contribution in [3.8, 4) is 0 Å². The van der Waals surface area contributed by atoms with Crippen molar-refractivity contribution in [3.05, 3.63) is 0 Å². The number of aliphatic hydroxyl groups excluding tert-OH is 1. The van der Waals surface area contributed by atoms with E-state index in [1.807, 2.05) is 0 Å². The summed E-state index contributed by atoms with van der Waals surface area (Å²) >= 11 is 0. The van der Waals surface area contributed by atoms with Gasteiger partial charge in [-0.05, 0) is 51.4 Å². The summed E-state index contributed by atoms with van der Waals surface area (Å²) in [6, 6.07) is 0. The maximum absolute atomic E-state index is 11.8. The van der Waals surface area contributed by atoms with Crippen LogP contribution >= 0.6 is 0 Å². The molecular weight excluding hydrogens is 448 g/mol. The van der Waals surface area contributed by atoms with Gasteiger partial charge in [0.2, 0.25) is 0 Å². The Morgan fingerprint density at radius 2 is 1.18 bits per heavy atom. The van der Waals surface area contributed by atoms with Gasteiger partial charge in [-0.2, -0.15) is 0 Å². The molecule has 10 nitrogen and oxygen atoms in total. The molecule has 5 aliphatic rings. The van der Waals surface area contributed by atoms with Crippen LogP contribution < -0.4 is 0 Å². The van der Waals surface area contributed by atoms with Gasteiger partial charge in [0.1, 0.15) is 24.4 Å². The van der Waals surface area contributed by atoms with Gasteiger partial charge in [0.25, 0.3) is 0 Å². The molecule has 5 rings (SSSR count). The minimum Gasteiger partial charge on any atom is -0.469 e. The van der Waals surface area contributed by atoms with Crippen LogP contribution in [0.15, 0.2) is 0 Å². The van der Waals surface area contributed by atoms with Gasteiger partial charge in [-0.15, -0.1) is 0 Å². The van der Waals surface area contributed by atoms with Crippen molar-refractivity contribution in [2.45, 2.75) is 94.7 Å². The predicted octanol–water partition coefficient (Wildman–Crippen LogP) is 1.51. The van der Waals surface area contributed by atoms with Gasteiger partial charge in [-0.1, -0.05) is 0 Å². The molecule has 3 aliphatic heterocycles. The average Bonchev–Trinajstić information content (AvgIpc) is 3.34. The molecule has 0 spiro atoms. The molecule has 0 bridgehead atoms. The SMILES string of the molecule is COC(=O)C1CCC(C2OCC3OC(O)C4OC(C5CCC(C(=O)OC)CC5)OC4C3O2)CC1. The Hall–Kier alpha value is -1.30. The van der Waals surface area contributed by atoms with E-state index in [0.717, 1.165) is 51.4 Å². The third-order valence-corrected chi connectivity index (χ3v) is 8.29. The second-order valence-electron chi connectivity index (χ2n) is 10.2. The fourth-order valence-electron chi connectivity index (χ4n) is 6.28. The van der Waals surface area contributed by atoms with E-state index < -0.39 is 43.3 Å². The van der Waals surface area contributed by atoms with Crippen LogP contribution in [0, 0.1) is 23.7 Å². The van der Waals surface area contributed by atoms with E-state index in [-0.39, 0.29) is 35.6 Å². The van der Waals surface area contributed by atoms with Crippen LogP contribution in [0.25, 0.3) is 0 Å². The first-order valence-corrected chi connectivity index (χ1v) is 12.6. The standard InChI is InChI=1S/C24H36O10/c1-28-20(25)12-3-7-14(8-4-12)23-30-11-16-17(32-23)18-19(22(27)31-16)34-24(33-18)15-9-5-13(6-10-15)21(26)29-2/h12-19,22-24,27H,3-11H2,1-2H3. The molecule has 0 aromatic carbocycles. The highest BCUT2D eigenvalue weighted by atomic mass is 16.8. The highest BCUT2D eigenvalue weighted by Gasteiger charge is 2.57. The maximum Gasteiger partial charge on any atom is 0.308 e. The van der Waals surface area contributed by atoms with Crippen molar-refractivity contribution in [1.82, 2.24) is 0 Å². The molecule has 3 heterocycles. The second kappa shape index (κ2) is 10.4. The number of hydrogen-bond donors (Lipinski definition) is 1. The highest BCUT2D eigenvalue weighted by molar-refractivity contribution is 5.72. The molecule has 1 N–H and O–H groups in total. The lowest BCUT2D eigenvalue weighted by Crippen LogP contribution is -2.62. The molecule has 2 aliphatic carbocycles. The van der Waals surface area contributed by atoms with Gasteiger partial charge in [-0.25, -0.2) is 0 Å². The highest BCUT2D eigenvalue weighted by Crippen LogP contribution is 2.43. The van der Waals surface area contributed by atoms with Crippen LogP contribution in [0.3, 0.4) is 0 Å². The Morgan fingerprint density at radius 1 is 0.676 bits per heavy atom. The van der Waals surface area contributed by atoms with Crippen LogP contribution in [0.4, 0.5) is 0 Å². The summed E-state index contributed by atoms with van der Waals surface area (Å²) in [6.07, 6.45) is 2.33. The van der Waals surface area contributed by atoms with Crippen LogP contribution in [0.2, 0.25) is 0 Å². The van der Waals surface area contributed by atoms with Gasteiger partial charge >= 0.3 is 11.9 Å². The molecule has 10 heteroatoms. The van der Waals surface area contributed by atoms with E-state index >= 15 is 0 Å². The van der Waals surface area contributed by atoms with Crippen molar-refractivity contribution < 1.29 is 47.9 Å². The van der Waals surface area contributed by atoms with E-state index in [2.05, 4.69) is 0 Å². The maximum atomic E-state index is 11.8.